The first kappa shape index (κ1) is 26.8. The quantitative estimate of drug-likeness (QED) is 0.322. The summed E-state index contributed by atoms with van der Waals surface area (Å²) in [5, 5.41) is 1.68. The second-order valence-electron chi connectivity index (χ2n) is 10.2. The summed E-state index contributed by atoms with van der Waals surface area (Å²) in [4.78, 5) is 25.7. The predicted octanol–water partition coefficient (Wildman–Crippen LogP) is 4.53. The van der Waals surface area contributed by atoms with Crippen LogP contribution in [0.1, 0.15) is 45.5 Å². The van der Waals surface area contributed by atoms with Crippen LogP contribution in [0.4, 0.5) is 0 Å². The highest BCUT2D eigenvalue weighted by Gasteiger charge is 2.40. The molecule has 0 aliphatic carbocycles. The van der Waals surface area contributed by atoms with Gasteiger partial charge in [0.2, 0.25) is 0 Å². The Morgan fingerprint density at radius 1 is 0.757 bits per heavy atom. The maximum atomic E-state index is 13.2. The van der Waals surface area contributed by atoms with Crippen LogP contribution in [0.2, 0.25) is 5.04 Å². The molecule has 0 spiro atoms. The maximum absolute atomic E-state index is 13.2. The molecule has 195 valence electrons. The number of hydrogen-bond donors (Lipinski definition) is 0. The van der Waals surface area contributed by atoms with Gasteiger partial charge in [-0.15, -0.1) is 15.4 Å². The van der Waals surface area contributed by atoms with Crippen molar-refractivity contribution in [2.24, 2.45) is 0 Å². The minimum atomic E-state index is -3.01. The molecule has 1 aliphatic heterocycles. The van der Waals surface area contributed by atoms with Gasteiger partial charge in [-0.3, -0.25) is 9.59 Å². The van der Waals surface area contributed by atoms with Gasteiger partial charge in [-0.2, -0.15) is 0 Å². The van der Waals surface area contributed by atoms with Crippen molar-refractivity contribution >= 4 is 30.6 Å². The van der Waals surface area contributed by atoms with Gasteiger partial charge in [-0.05, 0) is 0 Å². The van der Waals surface area contributed by atoms with E-state index in [0.29, 0.717) is 0 Å². The fourth-order valence-electron chi connectivity index (χ4n) is 4.68. The van der Waals surface area contributed by atoms with Gasteiger partial charge in [0.25, 0.3) is 5.97 Å². The minimum absolute atomic E-state index is 0.0651. The van der Waals surface area contributed by atoms with E-state index in [1.54, 1.807) is 0 Å². The number of carbonyl (C=O) groups excluding carboxylic acids is 2. The molecule has 1 heterocycles. The molecule has 0 aromatic heterocycles. The summed E-state index contributed by atoms with van der Waals surface area (Å²) in [6.45, 7) is 6.78. The molecule has 0 N–H and O–H groups in total. The molecule has 0 bridgehead atoms. The van der Waals surface area contributed by atoms with Crippen LogP contribution in [0.5, 0.6) is 0 Å². The largest absolute Gasteiger partial charge is 0.656 e. The molecule has 0 atom stereocenters. The van der Waals surface area contributed by atoms with Gasteiger partial charge < -0.3 is 18.6 Å². The summed E-state index contributed by atoms with van der Waals surface area (Å²) in [5.74, 6) is -0.888. The molecular formula is C30H34O6Si-. The van der Waals surface area contributed by atoms with Crippen LogP contribution >= 0.6 is 0 Å². The van der Waals surface area contributed by atoms with Crippen LogP contribution in [0.3, 0.4) is 0 Å². The zero-order chi connectivity index (χ0) is 26.3. The highest BCUT2D eigenvalue weighted by atomic mass is 28.4. The van der Waals surface area contributed by atoms with Gasteiger partial charge in [-0.1, -0.05) is 112 Å². The number of esters is 1. The minimum Gasteiger partial charge on any atom is -0.656 e. The van der Waals surface area contributed by atoms with Gasteiger partial charge in [0.15, 0.2) is 6.29 Å². The monoisotopic (exact) mass is 518 g/mol. The molecule has 0 unspecified atom stereocenters. The number of benzene rings is 3. The molecule has 3 aromatic carbocycles. The van der Waals surface area contributed by atoms with Crippen LogP contribution in [0, 0.1) is 0 Å². The summed E-state index contributed by atoms with van der Waals surface area (Å²) >= 11 is 0. The topological polar surface area (TPSA) is 71.1 Å². The summed E-state index contributed by atoms with van der Waals surface area (Å²) < 4.78 is 23.4. The first-order valence-corrected chi connectivity index (χ1v) is 14.5. The van der Waals surface area contributed by atoms with Crippen molar-refractivity contribution in [2.75, 3.05) is 13.2 Å². The molecule has 6 nitrogen and oxygen atoms in total. The van der Waals surface area contributed by atoms with Crippen LogP contribution < -0.4 is 10.4 Å². The van der Waals surface area contributed by atoms with E-state index in [1.807, 2.05) is 91.0 Å². The summed E-state index contributed by atoms with van der Waals surface area (Å²) in [6.07, 6.45) is -1.13. The van der Waals surface area contributed by atoms with E-state index >= 15 is 0 Å². The lowest BCUT2D eigenvalue weighted by molar-refractivity contribution is -0.229. The van der Waals surface area contributed by atoms with E-state index in [1.165, 1.54) is 0 Å². The number of ether oxygens (including phenoxy) is 3. The third-order valence-electron chi connectivity index (χ3n) is 6.45. The van der Waals surface area contributed by atoms with Crippen LogP contribution in [0.25, 0.3) is 0 Å². The van der Waals surface area contributed by atoms with Gasteiger partial charge >= 0.3 is 5.97 Å². The highest BCUT2D eigenvalue weighted by Crippen LogP contribution is 2.37. The molecule has 0 radical (unpaired) electrons. The van der Waals surface area contributed by atoms with Gasteiger partial charge in [0.05, 0.1) is 26.1 Å². The lowest BCUT2D eigenvalue weighted by Gasteiger charge is -2.54. The Balaban J connectivity index is 1.38. The number of hydrogen-bond acceptors (Lipinski definition) is 6. The molecule has 37 heavy (non-hydrogen) atoms. The Kier molecular flexibility index (Phi) is 8.58. The SMILES string of the molecule is CC(C)(C)[Si-](OC(=O)CCC(=O)OC1COC(c2ccccc2)OC1)(c1ccccc1)c1ccccc1. The fraction of sp³-hybridized carbons (Fsp3) is 0.333. The van der Waals surface area contributed by atoms with Crippen LogP contribution in [0.15, 0.2) is 91.0 Å². The van der Waals surface area contributed by atoms with E-state index < -0.39 is 32.6 Å². The van der Waals surface area contributed by atoms with Crippen LogP contribution in [-0.2, 0) is 28.2 Å². The van der Waals surface area contributed by atoms with E-state index in [-0.39, 0.29) is 31.1 Å². The molecule has 7 heteroatoms. The Hall–Kier alpha value is -3.26. The lowest BCUT2D eigenvalue weighted by Crippen LogP contribution is -2.67. The van der Waals surface area contributed by atoms with Crippen molar-refractivity contribution in [3.63, 3.8) is 0 Å². The van der Waals surface area contributed by atoms with E-state index in [9.17, 15) is 9.59 Å². The van der Waals surface area contributed by atoms with Crippen molar-refractivity contribution in [3.8, 4) is 0 Å². The smallest absolute Gasteiger partial charge is 0.306 e. The third-order valence-corrected chi connectivity index (χ3v) is 11.4. The Morgan fingerprint density at radius 3 is 1.70 bits per heavy atom. The van der Waals surface area contributed by atoms with E-state index in [0.717, 1.165) is 15.9 Å². The Morgan fingerprint density at radius 2 is 1.22 bits per heavy atom. The third kappa shape index (κ3) is 6.36. The van der Waals surface area contributed by atoms with Crippen molar-refractivity contribution in [1.82, 2.24) is 0 Å². The normalized spacial score (nSPS) is 18.1. The second kappa shape index (κ2) is 11.9. The van der Waals surface area contributed by atoms with Gasteiger partial charge in [0.1, 0.15) is 14.4 Å². The van der Waals surface area contributed by atoms with Crippen LogP contribution in [-0.4, -0.2) is 39.6 Å². The molecule has 3 aromatic rings. The van der Waals surface area contributed by atoms with Gasteiger partial charge in [0, 0.05) is 5.56 Å². The Bertz CT molecular complexity index is 1110. The molecular weight excluding hydrogens is 484 g/mol. The zero-order valence-corrected chi connectivity index (χ0v) is 22.6. The zero-order valence-electron chi connectivity index (χ0n) is 21.6. The molecule has 0 amide bonds. The van der Waals surface area contributed by atoms with Crippen molar-refractivity contribution < 1.29 is 28.2 Å². The number of carbonyl (C=O) groups is 2. The molecule has 1 saturated heterocycles. The van der Waals surface area contributed by atoms with Crippen molar-refractivity contribution in [2.45, 2.75) is 51.0 Å². The molecule has 0 saturated carbocycles. The molecule has 1 fully saturated rings. The summed E-state index contributed by atoms with van der Waals surface area (Å²) in [5.41, 5.74) is 0.915. The average Bonchev–Trinajstić information content (AvgIpc) is 2.92. The lowest BCUT2D eigenvalue weighted by atomic mass is 10.2. The number of rotatable bonds is 8. The fourth-order valence-corrected chi connectivity index (χ4v) is 9.05. The maximum Gasteiger partial charge on any atom is 0.306 e. The van der Waals surface area contributed by atoms with E-state index in [4.69, 9.17) is 18.6 Å². The molecule has 4 rings (SSSR count). The predicted molar refractivity (Wildman–Crippen MR) is 144 cm³/mol. The Labute approximate surface area is 219 Å². The summed E-state index contributed by atoms with van der Waals surface area (Å²) in [7, 11) is -3.01. The second-order valence-corrected chi connectivity index (χ2v) is 14.4. The standard InChI is InChI=1S/C30H34O6Si/c1-30(2,3)37(25-15-9-5-10-16-25,26-17-11-6-12-18-26)36-28(32)20-19-27(31)35-24-21-33-29(34-22-24)23-13-7-4-8-14-23/h4-18,24,29H,19-22H2,1-3H3/q-1. The highest BCUT2D eigenvalue weighted by molar-refractivity contribution is 7.00. The first-order valence-electron chi connectivity index (χ1n) is 12.6. The summed E-state index contributed by atoms with van der Waals surface area (Å²) in [6, 6.07) is 29.5. The molecule has 1 aliphatic rings. The average molecular weight is 519 g/mol. The van der Waals surface area contributed by atoms with Crippen molar-refractivity contribution in [1.29, 1.82) is 0 Å². The van der Waals surface area contributed by atoms with E-state index in [2.05, 4.69) is 20.8 Å². The first-order chi connectivity index (χ1) is 17.8. The van der Waals surface area contributed by atoms with Crippen molar-refractivity contribution in [3.05, 3.63) is 96.6 Å². The van der Waals surface area contributed by atoms with Gasteiger partial charge in [-0.25, -0.2) is 0 Å².